The minimum Gasteiger partial charge on any atom is -2.00 e. The van der Waals surface area contributed by atoms with E-state index in [1.54, 1.807) is 0 Å². The van der Waals surface area contributed by atoms with E-state index in [0.29, 0.717) is 0 Å². The van der Waals surface area contributed by atoms with Gasteiger partial charge in [0.2, 0.25) is 0 Å². The van der Waals surface area contributed by atoms with E-state index >= 15 is 0 Å². The Hall–Kier alpha value is -5.31. The van der Waals surface area contributed by atoms with Crippen LogP contribution >= 0.6 is 0 Å². The van der Waals surface area contributed by atoms with Crippen LogP contribution < -0.4 is 19.9 Å². The molecule has 0 aliphatic rings. The number of nitrogens with zero attached hydrogens (tertiary/aromatic N) is 2. The van der Waals surface area contributed by atoms with Crippen molar-refractivity contribution in [1.82, 2.24) is 9.97 Å². The Labute approximate surface area is 729 Å². The first kappa shape index (κ1) is 189. The van der Waals surface area contributed by atoms with Crippen LogP contribution in [-0.2, 0) is 311 Å². The zero-order valence-electron chi connectivity index (χ0n) is 54.0. The van der Waals surface area contributed by atoms with Crippen LogP contribution in [0.4, 0.5) is 0 Å². The van der Waals surface area contributed by atoms with Gasteiger partial charge in [-0.05, 0) is 91.0 Å². The molecule has 0 aliphatic carbocycles. The average Bonchev–Trinajstić information content (AvgIpc) is 0.943. The van der Waals surface area contributed by atoms with Crippen molar-refractivity contribution in [2.45, 2.75) is 0 Å². The van der Waals surface area contributed by atoms with Crippen LogP contribution in [0.1, 0.15) is 0 Å². The van der Waals surface area contributed by atoms with Gasteiger partial charge in [-0.2, -0.15) is 0 Å². The van der Waals surface area contributed by atoms with Gasteiger partial charge in [0.1, 0.15) is 0 Å². The van der Waals surface area contributed by atoms with Gasteiger partial charge in [0, 0.05) is 242 Å². The van der Waals surface area contributed by atoms with Crippen molar-refractivity contribution >= 4 is 0 Å². The fraction of sp³-hybridized carbons (Fsp3) is 0. The van der Waals surface area contributed by atoms with E-state index in [2.05, 4.69) is 151 Å². The molecular weight excluding hydrogens is 2060 g/mol. The summed E-state index contributed by atoms with van der Waals surface area (Å²) < 4.78 is 0. The fourth-order valence-corrected chi connectivity index (χ4v) is 7.19. The van der Waals surface area contributed by atoms with Crippen LogP contribution in [-0.4, -0.2) is 9.97 Å². The Morgan fingerprint density at radius 3 is 0.330 bits per heavy atom. The number of aromatic amines is 4. The molecule has 0 fully saturated rings. The standard InChI is InChI=1S/6C11H9N.8Mo.26O/c6*1-2-4-10(5-3-1)11-6-8-12-9-7-11;;;;;;;;;;;;;;;;;;;;;;;;;;;;;;;;;;/h6*1-9H;;;;;;;;;;;;;;;;;;;;;;;;;;;;;;;;;;/q;;;;;;;;;;;;;;26*-2/p+4. The molecule has 0 radical (unpaired) electrons. The Bertz CT molecular complexity index is 2520. The summed E-state index contributed by atoms with van der Waals surface area (Å²) in [6, 6.07) is 86.5. The van der Waals surface area contributed by atoms with Crippen molar-refractivity contribution in [2.75, 3.05) is 0 Å². The van der Waals surface area contributed by atoms with Gasteiger partial charge in [-0.3, -0.25) is 9.97 Å². The third kappa shape index (κ3) is 71.6. The molecule has 0 spiro atoms. The molecule has 6 heterocycles. The normalized spacial score (nSPS) is 6.57. The molecular formula is C66H58Mo8N6O26-48. The van der Waals surface area contributed by atoms with E-state index < -0.39 is 0 Å². The van der Waals surface area contributed by atoms with Crippen molar-refractivity contribution in [2.24, 2.45) is 0 Å². The van der Waals surface area contributed by atoms with Crippen LogP contribution in [0, 0.1) is 0 Å². The van der Waals surface area contributed by atoms with E-state index in [-0.39, 0.29) is 311 Å². The minimum absolute atomic E-state index is 0. The van der Waals surface area contributed by atoms with E-state index in [1.807, 2.05) is 208 Å². The second kappa shape index (κ2) is 118. The van der Waals surface area contributed by atoms with Crippen LogP contribution in [0.2, 0.25) is 0 Å². The first-order valence-corrected chi connectivity index (χ1v) is 23.8. The van der Waals surface area contributed by atoms with Crippen LogP contribution in [0.15, 0.2) is 329 Å². The number of aromatic nitrogens is 6. The van der Waals surface area contributed by atoms with Crippen LogP contribution in [0.5, 0.6) is 0 Å². The Balaban J connectivity index is -0.0000000249. The van der Waals surface area contributed by atoms with Gasteiger partial charge in [-0.1, -0.05) is 182 Å². The van der Waals surface area contributed by atoms with Gasteiger partial charge in [-0.15, -0.1) is 0 Å². The number of pyridine rings is 6. The molecule has 6 aromatic heterocycles. The number of benzene rings is 6. The van der Waals surface area contributed by atoms with Gasteiger partial charge in [0.05, 0.1) is 0 Å². The quantitative estimate of drug-likeness (QED) is 0.147. The average molecular weight is 2120 g/mol. The molecule has 12 rings (SSSR count). The molecule has 604 valence electrons. The number of nitrogens with one attached hydrogen (secondary N) is 4. The summed E-state index contributed by atoms with van der Waals surface area (Å²) in [6.07, 6.45) is 22.7. The van der Waals surface area contributed by atoms with Gasteiger partial charge in [0.25, 0.3) is 0 Å². The molecule has 0 aliphatic heterocycles. The predicted octanol–water partition coefficient (Wildman–Crippen LogP) is 11.1. The number of hydrogen-bond acceptors (Lipinski definition) is 2. The molecule has 4 N–H and O–H groups in total. The van der Waals surface area contributed by atoms with Crippen molar-refractivity contribution < 1.29 is 331 Å². The summed E-state index contributed by atoms with van der Waals surface area (Å²) >= 11 is 0. The van der Waals surface area contributed by atoms with E-state index in [1.165, 1.54) is 66.8 Å². The van der Waals surface area contributed by atoms with Crippen molar-refractivity contribution in [3.05, 3.63) is 329 Å². The Kier molecular flexibility index (Phi) is 211. The first-order chi connectivity index (χ1) is 35.8. The molecule has 0 bridgehead atoms. The smallest absolute Gasteiger partial charge is 0.167 e. The Morgan fingerprint density at radius 1 is 0.123 bits per heavy atom. The maximum atomic E-state index is 3.97. The van der Waals surface area contributed by atoms with Gasteiger partial charge in [-0.25, -0.2) is 19.9 Å². The van der Waals surface area contributed by atoms with Crippen molar-refractivity contribution in [3.63, 3.8) is 0 Å². The summed E-state index contributed by atoms with van der Waals surface area (Å²) in [5.74, 6) is 0. The molecule has 40 heteroatoms. The van der Waals surface area contributed by atoms with Crippen LogP contribution in [0.25, 0.3) is 66.8 Å². The maximum absolute atomic E-state index is 3.97. The molecule has 6 aromatic carbocycles. The van der Waals surface area contributed by atoms with E-state index in [4.69, 9.17) is 0 Å². The summed E-state index contributed by atoms with van der Waals surface area (Å²) in [6.45, 7) is 0. The maximum Gasteiger partial charge on any atom is 0.167 e. The summed E-state index contributed by atoms with van der Waals surface area (Å²) in [5, 5.41) is 0. The second-order valence-corrected chi connectivity index (χ2v) is 15.8. The Morgan fingerprint density at radius 2 is 0.217 bits per heavy atom. The van der Waals surface area contributed by atoms with Gasteiger partial charge in [0.15, 0.2) is 49.6 Å². The molecule has 0 saturated carbocycles. The topological polar surface area (TPSA) is 823 Å². The minimum atomic E-state index is 0. The summed E-state index contributed by atoms with van der Waals surface area (Å²) in [5.41, 5.74) is 14.9. The third-order valence-corrected chi connectivity index (χ3v) is 10.9. The van der Waals surface area contributed by atoms with Crippen molar-refractivity contribution in [3.8, 4) is 66.8 Å². The molecule has 0 amide bonds. The first-order valence-electron chi connectivity index (χ1n) is 23.8. The largest absolute Gasteiger partial charge is 2.00 e. The molecule has 0 saturated heterocycles. The SMILES string of the molecule is [Mo].[Mo].[Mo].[Mo].[Mo].[Mo].[Mo].[Mo].[O-2].[O-2].[O-2].[O-2].[O-2].[O-2].[O-2].[O-2].[O-2].[O-2].[O-2].[O-2].[O-2].[O-2].[O-2].[O-2].[O-2].[O-2].[O-2].[O-2].[O-2].[O-2].[O-2].[O-2].[O-2].[O-2].c1ccc(-c2cc[nH+]cc2)cc1.c1ccc(-c2cc[nH+]cc2)cc1.c1ccc(-c2cc[nH+]cc2)cc1.c1ccc(-c2cc[nH+]cc2)cc1.c1ccc(-c2ccncc2)cc1.c1ccc(-c2ccncc2)cc1. The van der Waals surface area contributed by atoms with Crippen LogP contribution in [0.3, 0.4) is 0 Å². The zero-order chi connectivity index (χ0) is 49.4. The molecule has 0 atom stereocenters. The number of rotatable bonds is 6. The molecule has 106 heavy (non-hydrogen) atoms. The van der Waals surface area contributed by atoms with Crippen molar-refractivity contribution in [1.29, 1.82) is 0 Å². The molecule has 12 aromatic rings. The van der Waals surface area contributed by atoms with E-state index in [0.717, 1.165) is 0 Å². The number of hydrogen-bond donors (Lipinski definition) is 0. The van der Waals surface area contributed by atoms with Gasteiger partial charge >= 0.3 is 0 Å². The summed E-state index contributed by atoms with van der Waals surface area (Å²) in [7, 11) is 0. The number of H-pyrrole nitrogens is 4. The molecule has 32 nitrogen and oxygen atoms in total. The van der Waals surface area contributed by atoms with Gasteiger partial charge < -0.3 is 142 Å². The zero-order valence-corrected chi connectivity index (χ0v) is 70.0. The fourth-order valence-electron chi connectivity index (χ4n) is 7.19. The summed E-state index contributed by atoms with van der Waals surface area (Å²) in [4.78, 5) is 20.0. The second-order valence-electron chi connectivity index (χ2n) is 15.8. The molecule has 0 unspecified atom stereocenters. The third-order valence-electron chi connectivity index (χ3n) is 10.9. The van der Waals surface area contributed by atoms with E-state index in [9.17, 15) is 0 Å². The predicted molar refractivity (Wildman–Crippen MR) is 311 cm³/mol. The monoisotopic (exact) mass is 2130 g/mol.